The van der Waals surface area contributed by atoms with Crippen LogP contribution in [-0.4, -0.2) is 70.8 Å². The summed E-state index contributed by atoms with van der Waals surface area (Å²) in [6.45, 7) is 15.1. The molecule has 0 aromatic carbocycles. The number of pyridine rings is 1. The van der Waals surface area contributed by atoms with Crippen LogP contribution in [0.4, 0.5) is 11.5 Å². The summed E-state index contributed by atoms with van der Waals surface area (Å²) in [5, 5.41) is 0. The Bertz CT molecular complexity index is 885. The molecule has 0 amide bonds. The van der Waals surface area contributed by atoms with Crippen LogP contribution in [0.15, 0.2) is 42.0 Å². The molecule has 0 unspecified atom stereocenters. The number of nitrogens with zero attached hydrogens (tertiary/aromatic N) is 6. The fourth-order valence-electron chi connectivity index (χ4n) is 6.03. The van der Waals surface area contributed by atoms with Crippen LogP contribution in [0, 0.1) is 0 Å². The van der Waals surface area contributed by atoms with Crippen LogP contribution >= 0.6 is 0 Å². The number of anilines is 2. The maximum atomic E-state index is 4.78. The van der Waals surface area contributed by atoms with E-state index in [1.54, 1.807) is 0 Å². The molecule has 0 saturated carbocycles. The Morgan fingerprint density at radius 3 is 2.30 bits per heavy atom. The summed E-state index contributed by atoms with van der Waals surface area (Å²) in [4.78, 5) is 17.0. The predicted octanol–water partition coefficient (Wildman–Crippen LogP) is 3.90. The summed E-state index contributed by atoms with van der Waals surface area (Å²) in [7, 11) is 6.59. The number of hydrogen-bond acceptors (Lipinski definition) is 6. The lowest BCUT2D eigenvalue weighted by molar-refractivity contribution is 0.0379. The van der Waals surface area contributed by atoms with Crippen LogP contribution < -0.4 is 9.80 Å². The van der Waals surface area contributed by atoms with Gasteiger partial charge in [0.05, 0.1) is 11.4 Å². The zero-order chi connectivity index (χ0) is 22.0. The van der Waals surface area contributed by atoms with Gasteiger partial charge in [0.2, 0.25) is 0 Å². The van der Waals surface area contributed by atoms with Crippen LogP contribution in [-0.2, 0) is 0 Å². The molecule has 0 N–H and O–H groups in total. The summed E-state index contributed by atoms with van der Waals surface area (Å²) in [5.41, 5.74) is 2.43. The molecule has 6 heteroatoms. The van der Waals surface area contributed by atoms with Crippen molar-refractivity contribution in [3.05, 3.63) is 42.0 Å². The monoisotopic (exact) mass is 410 g/mol. The van der Waals surface area contributed by atoms with Gasteiger partial charge in [0.25, 0.3) is 0 Å². The van der Waals surface area contributed by atoms with Gasteiger partial charge in [-0.3, -0.25) is 0 Å². The van der Waals surface area contributed by atoms with Crippen molar-refractivity contribution in [2.24, 2.45) is 0 Å². The van der Waals surface area contributed by atoms with Gasteiger partial charge in [-0.05, 0) is 66.2 Å². The maximum absolute atomic E-state index is 4.78. The second-order valence-corrected chi connectivity index (χ2v) is 10.4. The van der Waals surface area contributed by atoms with Crippen molar-refractivity contribution in [3.8, 4) is 0 Å². The molecular formula is C24H38N6. The van der Waals surface area contributed by atoms with Gasteiger partial charge in [-0.15, -0.1) is 0 Å². The minimum absolute atomic E-state index is 0.0382. The van der Waals surface area contributed by atoms with Gasteiger partial charge in [0, 0.05) is 45.0 Å². The van der Waals surface area contributed by atoms with Gasteiger partial charge in [-0.2, -0.15) is 0 Å². The highest BCUT2D eigenvalue weighted by Crippen LogP contribution is 2.46. The van der Waals surface area contributed by atoms with E-state index in [1.807, 2.05) is 12.3 Å². The van der Waals surface area contributed by atoms with Crippen LogP contribution in [0.25, 0.3) is 0 Å². The third kappa shape index (κ3) is 2.95. The van der Waals surface area contributed by atoms with Crippen molar-refractivity contribution in [2.45, 2.75) is 71.4 Å². The first kappa shape index (κ1) is 20.9. The molecular weight excluding hydrogens is 372 g/mol. The third-order valence-electron chi connectivity index (χ3n) is 7.27. The van der Waals surface area contributed by atoms with E-state index >= 15 is 0 Å². The molecule has 164 valence electrons. The van der Waals surface area contributed by atoms with Crippen LogP contribution in [0.2, 0.25) is 0 Å². The first-order chi connectivity index (χ1) is 14.0. The molecule has 0 saturated heterocycles. The average molecular weight is 411 g/mol. The predicted molar refractivity (Wildman–Crippen MR) is 125 cm³/mol. The fourth-order valence-corrected chi connectivity index (χ4v) is 6.03. The zero-order valence-corrected chi connectivity index (χ0v) is 20.1. The van der Waals surface area contributed by atoms with Gasteiger partial charge in [-0.1, -0.05) is 6.08 Å². The molecule has 0 radical (unpaired) electrons. The van der Waals surface area contributed by atoms with Gasteiger partial charge in [-0.25, -0.2) is 4.98 Å². The van der Waals surface area contributed by atoms with E-state index in [4.69, 9.17) is 4.98 Å². The lowest BCUT2D eigenvalue weighted by Crippen LogP contribution is -2.59. The SMILES string of the molecule is C[C@@H]1N(C)c2cccnc2N1C(C)(C)CC(C)(C)N1C2=C(C=CCN2C)N(C)[C@@H]1C. The van der Waals surface area contributed by atoms with Crippen molar-refractivity contribution in [2.75, 3.05) is 37.5 Å². The number of fused-ring (bicyclic) bond motifs is 1. The molecule has 6 nitrogen and oxygen atoms in total. The number of hydrogen-bond donors (Lipinski definition) is 0. The minimum atomic E-state index is -0.0680. The zero-order valence-electron chi connectivity index (χ0n) is 20.1. The lowest BCUT2D eigenvalue weighted by atomic mass is 9.83. The lowest BCUT2D eigenvalue weighted by Gasteiger charge is -2.50. The normalized spacial score (nSPS) is 24.2. The van der Waals surface area contributed by atoms with Crippen molar-refractivity contribution >= 4 is 11.5 Å². The first-order valence-electron chi connectivity index (χ1n) is 11.1. The molecule has 3 aliphatic heterocycles. The first-order valence-corrected chi connectivity index (χ1v) is 11.1. The topological polar surface area (TPSA) is 29.1 Å². The van der Waals surface area contributed by atoms with E-state index in [9.17, 15) is 0 Å². The largest absolute Gasteiger partial charge is 0.356 e. The van der Waals surface area contributed by atoms with Crippen molar-refractivity contribution in [1.29, 1.82) is 0 Å². The Balaban J connectivity index is 1.68. The van der Waals surface area contributed by atoms with E-state index in [0.717, 1.165) is 18.8 Å². The molecule has 2 atom stereocenters. The Morgan fingerprint density at radius 1 is 0.967 bits per heavy atom. The van der Waals surface area contributed by atoms with E-state index in [-0.39, 0.29) is 17.2 Å². The molecule has 4 heterocycles. The smallest absolute Gasteiger partial charge is 0.154 e. The number of likely N-dealkylation sites (N-methyl/N-ethyl adjacent to an activating group) is 2. The highest BCUT2D eigenvalue weighted by molar-refractivity contribution is 5.74. The second-order valence-electron chi connectivity index (χ2n) is 10.4. The number of rotatable bonds is 4. The molecule has 1 aromatic heterocycles. The third-order valence-corrected chi connectivity index (χ3v) is 7.27. The summed E-state index contributed by atoms with van der Waals surface area (Å²) < 4.78 is 0. The fraction of sp³-hybridized carbons (Fsp3) is 0.625. The van der Waals surface area contributed by atoms with Gasteiger partial charge >= 0.3 is 0 Å². The quantitative estimate of drug-likeness (QED) is 0.748. The van der Waals surface area contributed by atoms with Crippen LogP contribution in [0.3, 0.4) is 0 Å². The highest BCUT2D eigenvalue weighted by Gasteiger charge is 2.48. The molecule has 3 aliphatic rings. The van der Waals surface area contributed by atoms with E-state index in [2.05, 4.69) is 105 Å². The van der Waals surface area contributed by atoms with Crippen molar-refractivity contribution < 1.29 is 0 Å². The standard InChI is InChI=1S/C24H38N6/c1-17-27(8)19-12-10-14-25-21(19)29(17)23(3,4)16-24(5,6)30-18(2)28(9)20-13-11-15-26(7)22(20)30/h10-14,17-18H,15-16H2,1-9H3/t17-,18+/m1/s1. The molecule has 0 fully saturated rings. The summed E-state index contributed by atoms with van der Waals surface area (Å²) in [6, 6.07) is 4.21. The molecule has 0 bridgehead atoms. The minimum Gasteiger partial charge on any atom is -0.356 e. The Kier molecular flexibility index (Phi) is 4.75. The molecule has 0 aliphatic carbocycles. The average Bonchev–Trinajstić information content (AvgIpc) is 3.08. The highest BCUT2D eigenvalue weighted by atomic mass is 15.5. The van der Waals surface area contributed by atoms with Gasteiger partial charge in [0.15, 0.2) is 5.82 Å². The second kappa shape index (κ2) is 6.82. The number of allylic oxidation sites excluding steroid dienone is 1. The van der Waals surface area contributed by atoms with E-state index in [0.29, 0.717) is 6.17 Å². The van der Waals surface area contributed by atoms with Crippen molar-refractivity contribution in [3.63, 3.8) is 0 Å². The molecule has 1 aromatic rings. The van der Waals surface area contributed by atoms with E-state index in [1.165, 1.54) is 17.2 Å². The summed E-state index contributed by atoms with van der Waals surface area (Å²) in [5.74, 6) is 2.44. The molecule has 4 rings (SSSR count). The Morgan fingerprint density at radius 2 is 1.60 bits per heavy atom. The van der Waals surface area contributed by atoms with Crippen LogP contribution in [0.1, 0.15) is 48.0 Å². The van der Waals surface area contributed by atoms with Gasteiger partial charge in [0.1, 0.15) is 18.2 Å². The summed E-state index contributed by atoms with van der Waals surface area (Å²) >= 11 is 0. The molecule has 0 spiro atoms. The number of aromatic nitrogens is 1. The van der Waals surface area contributed by atoms with Gasteiger partial charge < -0.3 is 24.5 Å². The maximum Gasteiger partial charge on any atom is 0.154 e. The van der Waals surface area contributed by atoms with Crippen LogP contribution in [0.5, 0.6) is 0 Å². The summed E-state index contributed by atoms with van der Waals surface area (Å²) in [6.07, 6.45) is 8.05. The van der Waals surface area contributed by atoms with Crippen molar-refractivity contribution in [1.82, 2.24) is 19.7 Å². The molecule has 30 heavy (non-hydrogen) atoms. The Hall–Kier alpha value is -2.37. The van der Waals surface area contributed by atoms with E-state index < -0.39 is 0 Å². The Labute approximate surface area is 182 Å².